The van der Waals surface area contributed by atoms with E-state index in [0.29, 0.717) is 5.88 Å². The molecule has 0 saturated carbocycles. The van der Waals surface area contributed by atoms with Crippen molar-refractivity contribution in [3.05, 3.63) is 89.9 Å². The quantitative estimate of drug-likeness (QED) is 0.406. The zero-order valence-electron chi connectivity index (χ0n) is 16.9. The van der Waals surface area contributed by atoms with Gasteiger partial charge in [0.2, 0.25) is 5.88 Å². The van der Waals surface area contributed by atoms with Gasteiger partial charge in [-0.15, -0.1) is 11.8 Å². The zero-order valence-corrected chi connectivity index (χ0v) is 17.8. The summed E-state index contributed by atoms with van der Waals surface area (Å²) >= 11 is 1.79. The number of aryl methyl sites for hydroxylation is 1. The molecule has 4 aromatic rings. The second kappa shape index (κ2) is 9.50. The predicted molar refractivity (Wildman–Crippen MR) is 121 cm³/mol. The molecule has 0 fully saturated rings. The summed E-state index contributed by atoms with van der Waals surface area (Å²) in [5.74, 6) is 2.19. The number of nitrogens with zero attached hydrogens (tertiary/aromatic N) is 4. The molecule has 0 atom stereocenters. The van der Waals surface area contributed by atoms with Gasteiger partial charge in [0.15, 0.2) is 0 Å². The summed E-state index contributed by atoms with van der Waals surface area (Å²) in [7, 11) is 1.62. The summed E-state index contributed by atoms with van der Waals surface area (Å²) in [5, 5.41) is 0. The van der Waals surface area contributed by atoms with Crippen molar-refractivity contribution >= 4 is 11.8 Å². The minimum Gasteiger partial charge on any atom is -0.481 e. The van der Waals surface area contributed by atoms with Crippen molar-refractivity contribution < 1.29 is 4.74 Å². The van der Waals surface area contributed by atoms with Crippen molar-refractivity contribution in [1.29, 1.82) is 0 Å². The summed E-state index contributed by atoms with van der Waals surface area (Å²) in [6, 6.07) is 23.8. The van der Waals surface area contributed by atoms with Crippen LogP contribution in [0.15, 0.2) is 72.8 Å². The van der Waals surface area contributed by atoms with Crippen LogP contribution < -0.4 is 4.74 Å². The molecule has 0 radical (unpaired) electrons. The number of pyridine rings is 4. The molecule has 0 bridgehead atoms. The van der Waals surface area contributed by atoms with E-state index in [2.05, 4.69) is 16.0 Å². The van der Waals surface area contributed by atoms with Crippen LogP contribution in [-0.2, 0) is 11.5 Å². The topological polar surface area (TPSA) is 60.8 Å². The highest BCUT2D eigenvalue weighted by molar-refractivity contribution is 7.97. The van der Waals surface area contributed by atoms with Crippen LogP contribution in [-0.4, -0.2) is 27.0 Å². The van der Waals surface area contributed by atoms with Crippen LogP contribution in [0.2, 0.25) is 0 Å². The number of hydrogen-bond donors (Lipinski definition) is 0. The molecular weight excluding hydrogens is 392 g/mol. The van der Waals surface area contributed by atoms with E-state index in [4.69, 9.17) is 14.7 Å². The minimum atomic E-state index is 0.586. The molecule has 0 N–H and O–H groups in total. The van der Waals surface area contributed by atoms with Crippen LogP contribution in [0.3, 0.4) is 0 Å². The third-order valence-electron chi connectivity index (χ3n) is 4.46. The second-order valence-corrected chi connectivity index (χ2v) is 7.74. The van der Waals surface area contributed by atoms with Crippen molar-refractivity contribution in [2.45, 2.75) is 18.4 Å². The van der Waals surface area contributed by atoms with Crippen LogP contribution in [0, 0.1) is 6.92 Å². The third-order valence-corrected chi connectivity index (χ3v) is 5.46. The lowest BCUT2D eigenvalue weighted by Crippen LogP contribution is -1.95. The molecule has 0 aliphatic rings. The number of methoxy groups -OCH3 is 1. The van der Waals surface area contributed by atoms with E-state index in [0.717, 1.165) is 51.4 Å². The molecule has 0 spiro atoms. The summed E-state index contributed by atoms with van der Waals surface area (Å²) in [6.07, 6.45) is 0. The fraction of sp³-hybridized carbons (Fsp3) is 0.167. The second-order valence-electron chi connectivity index (χ2n) is 6.75. The minimum absolute atomic E-state index is 0.586. The maximum absolute atomic E-state index is 5.21. The molecule has 0 amide bonds. The number of ether oxygens (including phenoxy) is 1. The SMILES string of the molecule is COc1cccc(-c2cccc(CSCc3cccc(-c4cccc(C)n4)n3)n2)n1. The van der Waals surface area contributed by atoms with E-state index in [-0.39, 0.29) is 0 Å². The summed E-state index contributed by atoms with van der Waals surface area (Å²) in [5.41, 5.74) is 6.50. The molecule has 4 rings (SSSR count). The van der Waals surface area contributed by atoms with Crippen molar-refractivity contribution in [1.82, 2.24) is 19.9 Å². The van der Waals surface area contributed by atoms with Gasteiger partial charge in [-0.05, 0) is 49.4 Å². The van der Waals surface area contributed by atoms with E-state index < -0.39 is 0 Å². The normalized spacial score (nSPS) is 10.7. The van der Waals surface area contributed by atoms with Crippen molar-refractivity contribution in [2.75, 3.05) is 7.11 Å². The molecule has 0 aliphatic carbocycles. The molecule has 0 aliphatic heterocycles. The molecule has 0 unspecified atom stereocenters. The monoisotopic (exact) mass is 414 g/mol. The van der Waals surface area contributed by atoms with Crippen molar-refractivity contribution in [2.24, 2.45) is 0 Å². The van der Waals surface area contributed by atoms with Crippen LogP contribution >= 0.6 is 11.8 Å². The standard InChI is InChI=1S/C24H22N4OS/c1-17-7-3-10-20(25-17)21-11-4-8-18(26-21)15-30-16-19-9-5-12-22(27-19)23-13-6-14-24(28-23)29-2/h3-14H,15-16H2,1-2H3. The maximum Gasteiger partial charge on any atom is 0.213 e. The Balaban J connectivity index is 1.42. The summed E-state index contributed by atoms with van der Waals surface area (Å²) in [4.78, 5) is 18.6. The maximum atomic E-state index is 5.21. The molecule has 6 heteroatoms. The number of thioether (sulfide) groups is 1. The molecule has 0 saturated heterocycles. The van der Waals surface area contributed by atoms with E-state index in [9.17, 15) is 0 Å². The van der Waals surface area contributed by atoms with Gasteiger partial charge in [-0.3, -0.25) is 15.0 Å². The highest BCUT2D eigenvalue weighted by Gasteiger charge is 2.06. The molecule has 30 heavy (non-hydrogen) atoms. The van der Waals surface area contributed by atoms with Gasteiger partial charge in [-0.2, -0.15) is 0 Å². The molecule has 4 heterocycles. The Hall–Kier alpha value is -3.25. The van der Waals surface area contributed by atoms with Gasteiger partial charge < -0.3 is 4.74 Å². The molecule has 4 aromatic heterocycles. The number of hydrogen-bond acceptors (Lipinski definition) is 6. The first kappa shape index (κ1) is 20.0. The lowest BCUT2D eigenvalue weighted by atomic mass is 10.2. The molecule has 5 nitrogen and oxygen atoms in total. The van der Waals surface area contributed by atoms with Gasteiger partial charge in [0, 0.05) is 23.3 Å². The van der Waals surface area contributed by atoms with E-state index in [1.807, 2.05) is 73.7 Å². The Labute approximate surface area is 180 Å². The molecule has 0 aromatic carbocycles. The third kappa shape index (κ3) is 5.02. The number of rotatable bonds is 7. The Morgan fingerprint density at radius 2 is 1.13 bits per heavy atom. The Morgan fingerprint density at radius 1 is 0.633 bits per heavy atom. The van der Waals surface area contributed by atoms with Gasteiger partial charge >= 0.3 is 0 Å². The average molecular weight is 415 g/mol. The lowest BCUT2D eigenvalue weighted by Gasteiger charge is -2.07. The summed E-state index contributed by atoms with van der Waals surface area (Å²) in [6.45, 7) is 1.99. The van der Waals surface area contributed by atoms with E-state index in [1.165, 1.54) is 0 Å². The van der Waals surface area contributed by atoms with Crippen LogP contribution in [0.5, 0.6) is 5.88 Å². The molecular formula is C24H22N4OS. The fourth-order valence-corrected chi connectivity index (χ4v) is 3.86. The van der Waals surface area contributed by atoms with Gasteiger partial charge in [0.05, 0.1) is 41.3 Å². The number of aromatic nitrogens is 4. The Kier molecular flexibility index (Phi) is 6.35. The van der Waals surface area contributed by atoms with Gasteiger partial charge in [-0.25, -0.2) is 4.98 Å². The van der Waals surface area contributed by atoms with Crippen LogP contribution in [0.1, 0.15) is 17.1 Å². The average Bonchev–Trinajstić information content (AvgIpc) is 2.79. The predicted octanol–water partition coefficient (Wildman–Crippen LogP) is 5.35. The van der Waals surface area contributed by atoms with Crippen LogP contribution in [0.4, 0.5) is 0 Å². The van der Waals surface area contributed by atoms with Gasteiger partial charge in [0.25, 0.3) is 0 Å². The van der Waals surface area contributed by atoms with Gasteiger partial charge in [0.1, 0.15) is 0 Å². The van der Waals surface area contributed by atoms with E-state index in [1.54, 1.807) is 18.9 Å². The van der Waals surface area contributed by atoms with Crippen molar-refractivity contribution in [3.63, 3.8) is 0 Å². The molecule has 150 valence electrons. The highest BCUT2D eigenvalue weighted by Crippen LogP contribution is 2.22. The summed E-state index contributed by atoms with van der Waals surface area (Å²) < 4.78 is 5.21. The fourth-order valence-electron chi connectivity index (χ4n) is 3.02. The van der Waals surface area contributed by atoms with Crippen LogP contribution in [0.25, 0.3) is 22.8 Å². The Bertz CT molecular complexity index is 1150. The van der Waals surface area contributed by atoms with Crippen molar-refractivity contribution in [3.8, 4) is 28.7 Å². The first-order chi connectivity index (χ1) is 14.7. The first-order valence-electron chi connectivity index (χ1n) is 9.66. The zero-order chi connectivity index (χ0) is 20.8. The lowest BCUT2D eigenvalue weighted by molar-refractivity contribution is 0.398. The van der Waals surface area contributed by atoms with E-state index >= 15 is 0 Å². The van der Waals surface area contributed by atoms with Gasteiger partial charge in [-0.1, -0.05) is 24.3 Å². The smallest absolute Gasteiger partial charge is 0.213 e. The Morgan fingerprint density at radius 3 is 1.70 bits per heavy atom. The largest absolute Gasteiger partial charge is 0.481 e. The first-order valence-corrected chi connectivity index (χ1v) is 10.8. The highest BCUT2D eigenvalue weighted by atomic mass is 32.2.